The number of halogens is 1. The average Bonchev–Trinajstić information content (AvgIpc) is 2.45. The zero-order chi connectivity index (χ0) is 7.84. The van der Waals surface area contributed by atoms with Gasteiger partial charge in [-0.25, -0.2) is 0 Å². The fourth-order valence-electron chi connectivity index (χ4n) is 1.41. The molecule has 0 saturated carbocycles. The third-order valence-corrected chi connectivity index (χ3v) is 2.45. The Hall–Kier alpha value is -0.760. The van der Waals surface area contributed by atoms with Crippen molar-refractivity contribution in [3.05, 3.63) is 23.5 Å². The molecule has 3 heteroatoms. The quantitative estimate of drug-likeness (QED) is 0.590. The number of carbonyl (C=O) groups is 1. The largest absolute Gasteiger partial charge is 0.364 e. The summed E-state index contributed by atoms with van der Waals surface area (Å²) >= 11 is 5.79. The van der Waals surface area contributed by atoms with Gasteiger partial charge in [-0.05, 0) is 18.9 Å². The van der Waals surface area contributed by atoms with Crippen LogP contribution in [0.5, 0.6) is 0 Å². The van der Waals surface area contributed by atoms with E-state index in [0.717, 1.165) is 24.1 Å². The maximum atomic E-state index is 11.3. The van der Waals surface area contributed by atoms with E-state index in [0.29, 0.717) is 0 Å². The number of H-pyrrole nitrogens is 1. The fourth-order valence-corrected chi connectivity index (χ4v) is 1.64. The van der Waals surface area contributed by atoms with Crippen LogP contribution in [0, 0.1) is 0 Å². The second-order valence-corrected chi connectivity index (χ2v) is 3.27. The summed E-state index contributed by atoms with van der Waals surface area (Å²) in [4.78, 5) is 14.4. The SMILES string of the molecule is O=C1c2cc[nH]c2CC[C@H]1Cl. The van der Waals surface area contributed by atoms with E-state index in [-0.39, 0.29) is 11.2 Å². The molecule has 1 aromatic heterocycles. The van der Waals surface area contributed by atoms with Crippen LogP contribution < -0.4 is 0 Å². The van der Waals surface area contributed by atoms with E-state index in [4.69, 9.17) is 11.6 Å². The van der Waals surface area contributed by atoms with E-state index >= 15 is 0 Å². The third-order valence-electron chi connectivity index (χ3n) is 2.03. The smallest absolute Gasteiger partial charge is 0.182 e. The van der Waals surface area contributed by atoms with Crippen molar-refractivity contribution in [2.75, 3.05) is 0 Å². The second-order valence-electron chi connectivity index (χ2n) is 2.74. The molecule has 0 fully saturated rings. The zero-order valence-corrected chi connectivity index (χ0v) is 6.69. The first-order chi connectivity index (χ1) is 5.29. The van der Waals surface area contributed by atoms with Crippen LogP contribution in [0.4, 0.5) is 0 Å². The van der Waals surface area contributed by atoms with Crippen molar-refractivity contribution < 1.29 is 4.79 Å². The number of aromatic amines is 1. The number of rotatable bonds is 0. The molecule has 0 aliphatic heterocycles. The average molecular weight is 170 g/mol. The molecule has 0 bridgehead atoms. The number of ketones is 1. The Kier molecular flexibility index (Phi) is 1.50. The molecule has 0 aromatic carbocycles. The van der Waals surface area contributed by atoms with Gasteiger partial charge in [-0.1, -0.05) is 0 Å². The molecule has 0 spiro atoms. The summed E-state index contributed by atoms with van der Waals surface area (Å²) < 4.78 is 0. The zero-order valence-electron chi connectivity index (χ0n) is 5.93. The summed E-state index contributed by atoms with van der Waals surface area (Å²) in [7, 11) is 0. The van der Waals surface area contributed by atoms with Gasteiger partial charge >= 0.3 is 0 Å². The minimum atomic E-state index is -0.307. The predicted octanol–water partition coefficient (Wildman–Crippen LogP) is 1.75. The van der Waals surface area contributed by atoms with E-state index in [1.807, 2.05) is 0 Å². The van der Waals surface area contributed by atoms with Gasteiger partial charge in [-0.15, -0.1) is 11.6 Å². The molecule has 1 aliphatic carbocycles. The highest BCUT2D eigenvalue weighted by atomic mass is 35.5. The number of aryl methyl sites for hydroxylation is 1. The van der Waals surface area contributed by atoms with Crippen LogP contribution in [0.1, 0.15) is 22.5 Å². The topological polar surface area (TPSA) is 32.9 Å². The molecule has 1 heterocycles. The third kappa shape index (κ3) is 0.979. The van der Waals surface area contributed by atoms with Crippen molar-refractivity contribution in [1.29, 1.82) is 0 Å². The number of fused-ring (bicyclic) bond motifs is 1. The van der Waals surface area contributed by atoms with Crippen molar-refractivity contribution in [2.45, 2.75) is 18.2 Å². The van der Waals surface area contributed by atoms with Crippen LogP contribution in [0.25, 0.3) is 0 Å². The fraction of sp³-hybridized carbons (Fsp3) is 0.375. The molecular formula is C8H8ClNO. The summed E-state index contributed by atoms with van der Waals surface area (Å²) in [5.41, 5.74) is 1.81. The van der Waals surface area contributed by atoms with E-state index in [1.165, 1.54) is 0 Å². The molecule has 2 rings (SSSR count). The highest BCUT2D eigenvalue weighted by Crippen LogP contribution is 2.23. The molecule has 0 radical (unpaired) electrons. The molecule has 1 aliphatic rings. The Morgan fingerprint density at radius 3 is 3.27 bits per heavy atom. The van der Waals surface area contributed by atoms with Crippen LogP contribution in [-0.2, 0) is 6.42 Å². The minimum absolute atomic E-state index is 0.0640. The first-order valence-corrected chi connectivity index (χ1v) is 4.07. The molecule has 1 N–H and O–H groups in total. The normalized spacial score (nSPS) is 23.4. The molecule has 58 valence electrons. The Morgan fingerprint density at radius 2 is 2.45 bits per heavy atom. The molecule has 11 heavy (non-hydrogen) atoms. The number of aromatic nitrogens is 1. The van der Waals surface area contributed by atoms with Gasteiger partial charge in [0, 0.05) is 17.5 Å². The maximum absolute atomic E-state index is 11.3. The lowest BCUT2D eigenvalue weighted by Gasteiger charge is -2.14. The Labute approximate surface area is 69.6 Å². The van der Waals surface area contributed by atoms with Crippen molar-refractivity contribution in [3.8, 4) is 0 Å². The van der Waals surface area contributed by atoms with Crippen LogP contribution >= 0.6 is 11.6 Å². The monoisotopic (exact) mass is 169 g/mol. The summed E-state index contributed by atoms with van der Waals surface area (Å²) in [6.07, 6.45) is 3.44. The number of Topliss-reactive ketones (excluding diaryl/α,β-unsaturated/α-hetero) is 1. The molecule has 0 saturated heterocycles. The Balaban J connectivity index is 2.46. The van der Waals surface area contributed by atoms with Gasteiger partial charge in [0.05, 0.1) is 5.38 Å². The molecule has 0 unspecified atom stereocenters. The summed E-state index contributed by atoms with van der Waals surface area (Å²) in [5, 5.41) is -0.307. The van der Waals surface area contributed by atoms with Crippen LogP contribution in [-0.4, -0.2) is 16.1 Å². The number of hydrogen-bond donors (Lipinski definition) is 1. The van der Waals surface area contributed by atoms with E-state index < -0.39 is 0 Å². The van der Waals surface area contributed by atoms with E-state index in [2.05, 4.69) is 4.98 Å². The van der Waals surface area contributed by atoms with Gasteiger partial charge < -0.3 is 4.98 Å². The summed E-state index contributed by atoms with van der Waals surface area (Å²) in [6, 6.07) is 1.80. The highest BCUT2D eigenvalue weighted by Gasteiger charge is 2.25. The minimum Gasteiger partial charge on any atom is -0.364 e. The number of carbonyl (C=O) groups excluding carboxylic acids is 1. The lowest BCUT2D eigenvalue weighted by molar-refractivity contribution is 0.0977. The molecule has 1 aromatic rings. The lowest BCUT2D eigenvalue weighted by Crippen LogP contribution is -2.21. The van der Waals surface area contributed by atoms with E-state index in [9.17, 15) is 4.79 Å². The van der Waals surface area contributed by atoms with Gasteiger partial charge in [0.25, 0.3) is 0 Å². The van der Waals surface area contributed by atoms with Gasteiger partial charge in [0.15, 0.2) is 5.78 Å². The summed E-state index contributed by atoms with van der Waals surface area (Å²) in [6.45, 7) is 0. The second kappa shape index (κ2) is 2.38. The Morgan fingerprint density at radius 1 is 1.64 bits per heavy atom. The first-order valence-electron chi connectivity index (χ1n) is 3.63. The van der Waals surface area contributed by atoms with Gasteiger partial charge in [-0.2, -0.15) is 0 Å². The van der Waals surface area contributed by atoms with Crippen LogP contribution in [0.3, 0.4) is 0 Å². The van der Waals surface area contributed by atoms with Crippen LogP contribution in [0.2, 0.25) is 0 Å². The van der Waals surface area contributed by atoms with Crippen molar-refractivity contribution in [2.24, 2.45) is 0 Å². The molecule has 0 amide bonds. The number of nitrogens with one attached hydrogen (secondary N) is 1. The van der Waals surface area contributed by atoms with E-state index in [1.54, 1.807) is 12.3 Å². The molecule has 2 nitrogen and oxygen atoms in total. The molecule has 1 atom stereocenters. The van der Waals surface area contributed by atoms with Crippen molar-refractivity contribution in [3.63, 3.8) is 0 Å². The van der Waals surface area contributed by atoms with Gasteiger partial charge in [-0.3, -0.25) is 4.79 Å². The standard InChI is InChI=1S/C8H8ClNO/c9-6-1-2-7-5(8(6)11)3-4-10-7/h3-4,6,10H,1-2H2/t6-/m1/s1. The lowest BCUT2D eigenvalue weighted by atomic mass is 9.96. The first kappa shape index (κ1) is 6.92. The van der Waals surface area contributed by atoms with Crippen molar-refractivity contribution in [1.82, 2.24) is 4.98 Å². The maximum Gasteiger partial charge on any atom is 0.182 e. The number of alkyl halides is 1. The van der Waals surface area contributed by atoms with Crippen molar-refractivity contribution >= 4 is 17.4 Å². The predicted molar refractivity (Wildman–Crippen MR) is 43.1 cm³/mol. The summed E-state index contributed by atoms with van der Waals surface area (Å²) in [5.74, 6) is 0.0640. The highest BCUT2D eigenvalue weighted by molar-refractivity contribution is 6.34. The number of hydrogen-bond acceptors (Lipinski definition) is 1. The molecular weight excluding hydrogens is 162 g/mol. The van der Waals surface area contributed by atoms with Gasteiger partial charge in [0.1, 0.15) is 0 Å². The van der Waals surface area contributed by atoms with Crippen LogP contribution in [0.15, 0.2) is 12.3 Å². The Bertz CT molecular complexity index is 292. The van der Waals surface area contributed by atoms with Gasteiger partial charge in [0.2, 0.25) is 0 Å².